The van der Waals surface area contributed by atoms with Crippen LogP contribution in [0.25, 0.3) is 0 Å². The molecule has 0 radical (unpaired) electrons. The quantitative estimate of drug-likeness (QED) is 0.678. The molecule has 2 aliphatic rings. The summed E-state index contributed by atoms with van der Waals surface area (Å²) in [6.45, 7) is -0.105. The van der Waals surface area contributed by atoms with Gasteiger partial charge in [-0.2, -0.15) is 0 Å². The van der Waals surface area contributed by atoms with Gasteiger partial charge in [-0.15, -0.1) is 0 Å². The van der Waals surface area contributed by atoms with Gasteiger partial charge in [0, 0.05) is 19.5 Å². The number of nitrogens with zero attached hydrogens (tertiary/aromatic N) is 1. The van der Waals surface area contributed by atoms with Crippen molar-refractivity contribution in [2.24, 2.45) is 11.7 Å². The highest BCUT2D eigenvalue weighted by molar-refractivity contribution is 5.85. The van der Waals surface area contributed by atoms with Crippen molar-refractivity contribution in [3.63, 3.8) is 0 Å². The van der Waals surface area contributed by atoms with Crippen LogP contribution in [-0.4, -0.2) is 48.3 Å². The highest BCUT2D eigenvalue weighted by Crippen LogP contribution is 2.28. The maximum atomic E-state index is 13.0. The van der Waals surface area contributed by atoms with Gasteiger partial charge in [0.15, 0.2) is 0 Å². The first-order valence-electron chi connectivity index (χ1n) is 5.58. The van der Waals surface area contributed by atoms with E-state index in [4.69, 9.17) is 5.73 Å². The first-order chi connectivity index (χ1) is 7.89. The first kappa shape index (κ1) is 12.2. The molecule has 2 saturated heterocycles. The Balaban J connectivity index is 1.92. The Morgan fingerprint density at radius 1 is 1.41 bits per heavy atom. The van der Waals surface area contributed by atoms with Gasteiger partial charge in [-0.05, 0) is 6.42 Å². The molecule has 2 fully saturated rings. The lowest BCUT2D eigenvalue weighted by atomic mass is 10.0. The number of rotatable bonds is 2. The molecule has 2 atom stereocenters. The molecule has 0 aromatic heterocycles. The van der Waals surface area contributed by atoms with E-state index in [9.17, 15) is 18.4 Å². The topological polar surface area (TPSA) is 75.4 Å². The van der Waals surface area contributed by atoms with Crippen LogP contribution in [-0.2, 0) is 9.59 Å². The molecule has 2 unspecified atom stereocenters. The number of hydrogen-bond acceptors (Lipinski definition) is 3. The molecule has 0 saturated carbocycles. The lowest BCUT2D eigenvalue weighted by Crippen LogP contribution is -2.43. The van der Waals surface area contributed by atoms with Gasteiger partial charge in [-0.1, -0.05) is 0 Å². The van der Waals surface area contributed by atoms with Crippen LogP contribution in [0.2, 0.25) is 0 Å². The number of carbonyl (C=O) groups excluding carboxylic acids is 2. The molecule has 0 aromatic carbocycles. The summed E-state index contributed by atoms with van der Waals surface area (Å²) >= 11 is 0. The van der Waals surface area contributed by atoms with Crippen LogP contribution >= 0.6 is 0 Å². The summed E-state index contributed by atoms with van der Waals surface area (Å²) in [7, 11) is 0. The average molecular weight is 247 g/mol. The van der Waals surface area contributed by atoms with Crippen molar-refractivity contribution < 1.29 is 18.4 Å². The van der Waals surface area contributed by atoms with Gasteiger partial charge in [-0.3, -0.25) is 9.59 Å². The summed E-state index contributed by atoms with van der Waals surface area (Å²) in [5.41, 5.74) is 5.13. The van der Waals surface area contributed by atoms with Crippen molar-refractivity contribution >= 4 is 11.8 Å². The molecule has 3 N–H and O–H groups in total. The molecule has 2 amide bonds. The summed E-state index contributed by atoms with van der Waals surface area (Å²) in [4.78, 5) is 24.0. The lowest BCUT2D eigenvalue weighted by molar-refractivity contribution is -0.133. The molecule has 5 nitrogen and oxygen atoms in total. The Morgan fingerprint density at radius 3 is 2.59 bits per heavy atom. The van der Waals surface area contributed by atoms with Gasteiger partial charge in [0.05, 0.1) is 18.5 Å². The molecule has 96 valence electrons. The molecular formula is C10H15F2N3O2. The van der Waals surface area contributed by atoms with Crippen LogP contribution in [0.5, 0.6) is 0 Å². The van der Waals surface area contributed by atoms with Gasteiger partial charge in [-0.25, -0.2) is 8.78 Å². The highest BCUT2D eigenvalue weighted by atomic mass is 19.3. The van der Waals surface area contributed by atoms with Gasteiger partial charge >= 0.3 is 0 Å². The molecule has 2 heterocycles. The van der Waals surface area contributed by atoms with Gasteiger partial charge < -0.3 is 16.0 Å². The van der Waals surface area contributed by atoms with E-state index in [0.717, 1.165) is 4.90 Å². The zero-order chi connectivity index (χ0) is 12.6. The lowest BCUT2D eigenvalue weighted by Gasteiger charge is -2.20. The molecular weight excluding hydrogens is 232 g/mol. The summed E-state index contributed by atoms with van der Waals surface area (Å²) in [5, 5.41) is 2.86. The van der Waals surface area contributed by atoms with E-state index >= 15 is 0 Å². The zero-order valence-corrected chi connectivity index (χ0v) is 9.29. The molecule has 0 bridgehead atoms. The summed E-state index contributed by atoms with van der Waals surface area (Å²) in [5.74, 6) is -3.98. The van der Waals surface area contributed by atoms with Crippen LogP contribution in [0.15, 0.2) is 0 Å². The number of carbonyl (C=O) groups is 2. The van der Waals surface area contributed by atoms with E-state index in [2.05, 4.69) is 5.32 Å². The summed E-state index contributed by atoms with van der Waals surface area (Å²) in [6.07, 6.45) is 0.0148. The van der Waals surface area contributed by atoms with Gasteiger partial charge in [0.2, 0.25) is 11.8 Å². The minimum Gasteiger partial charge on any atom is -0.369 e. The Hall–Kier alpha value is -1.24. The second kappa shape index (κ2) is 4.21. The largest absolute Gasteiger partial charge is 0.369 e. The number of primary amides is 1. The van der Waals surface area contributed by atoms with Crippen LogP contribution in [0.4, 0.5) is 8.78 Å². The van der Waals surface area contributed by atoms with Gasteiger partial charge in [0.1, 0.15) is 0 Å². The standard InChI is InChI=1S/C10H15F2N3O2/c11-10(12)1-2-15(5-10)9(17)7-3-6(4-14-7)8(13)16/h6-7,14H,1-5H2,(H2,13,16). The van der Waals surface area contributed by atoms with Crippen LogP contribution in [0, 0.1) is 5.92 Å². The second-order valence-electron chi connectivity index (χ2n) is 4.66. The molecule has 0 spiro atoms. The zero-order valence-electron chi connectivity index (χ0n) is 9.29. The van der Waals surface area contributed by atoms with E-state index in [0.29, 0.717) is 13.0 Å². The van der Waals surface area contributed by atoms with Crippen molar-refractivity contribution in [3.05, 3.63) is 0 Å². The third kappa shape index (κ3) is 2.54. The molecule has 0 aliphatic carbocycles. The van der Waals surface area contributed by atoms with E-state index in [-0.39, 0.29) is 24.8 Å². The van der Waals surface area contributed by atoms with E-state index in [1.54, 1.807) is 0 Å². The highest BCUT2D eigenvalue weighted by Gasteiger charge is 2.43. The predicted molar refractivity (Wildman–Crippen MR) is 55.2 cm³/mol. The Labute approximate surface area is 97.3 Å². The summed E-state index contributed by atoms with van der Waals surface area (Å²) < 4.78 is 25.9. The monoisotopic (exact) mass is 247 g/mol. The molecule has 7 heteroatoms. The van der Waals surface area contributed by atoms with Crippen LogP contribution in [0.3, 0.4) is 0 Å². The first-order valence-corrected chi connectivity index (χ1v) is 5.58. The molecule has 17 heavy (non-hydrogen) atoms. The normalized spacial score (nSPS) is 31.8. The van der Waals surface area contributed by atoms with E-state index in [1.807, 2.05) is 0 Å². The van der Waals surface area contributed by atoms with E-state index < -0.39 is 24.4 Å². The van der Waals surface area contributed by atoms with Crippen molar-refractivity contribution in [1.82, 2.24) is 10.2 Å². The van der Waals surface area contributed by atoms with Crippen molar-refractivity contribution in [3.8, 4) is 0 Å². The number of amides is 2. The average Bonchev–Trinajstić information content (AvgIpc) is 2.83. The second-order valence-corrected chi connectivity index (χ2v) is 4.66. The number of alkyl halides is 2. The number of hydrogen-bond donors (Lipinski definition) is 2. The number of nitrogens with one attached hydrogen (secondary N) is 1. The SMILES string of the molecule is NC(=O)C1CNC(C(=O)N2CCC(F)(F)C2)C1. The van der Waals surface area contributed by atoms with Crippen LogP contribution < -0.4 is 11.1 Å². The van der Waals surface area contributed by atoms with Crippen molar-refractivity contribution in [2.45, 2.75) is 24.8 Å². The molecule has 2 rings (SSSR count). The maximum Gasteiger partial charge on any atom is 0.267 e. The smallest absolute Gasteiger partial charge is 0.267 e. The number of likely N-dealkylation sites (tertiary alicyclic amines) is 1. The number of halogens is 2. The Bertz CT molecular complexity index is 348. The minimum atomic E-state index is -2.78. The maximum absolute atomic E-state index is 13.0. The van der Waals surface area contributed by atoms with Crippen LogP contribution in [0.1, 0.15) is 12.8 Å². The fourth-order valence-corrected chi connectivity index (χ4v) is 2.28. The minimum absolute atomic E-state index is 0.0747. The fourth-order valence-electron chi connectivity index (χ4n) is 2.28. The summed E-state index contributed by atoms with van der Waals surface area (Å²) in [6, 6.07) is -0.554. The van der Waals surface area contributed by atoms with Crippen molar-refractivity contribution in [2.75, 3.05) is 19.6 Å². The fraction of sp³-hybridized carbons (Fsp3) is 0.800. The Morgan fingerprint density at radius 2 is 2.12 bits per heavy atom. The molecule has 2 aliphatic heterocycles. The number of nitrogens with two attached hydrogens (primary N) is 1. The molecule has 0 aromatic rings. The van der Waals surface area contributed by atoms with Gasteiger partial charge in [0.25, 0.3) is 5.92 Å². The Kier molecular flexibility index (Phi) is 3.03. The third-order valence-corrected chi connectivity index (χ3v) is 3.31. The van der Waals surface area contributed by atoms with Crippen molar-refractivity contribution in [1.29, 1.82) is 0 Å². The van der Waals surface area contributed by atoms with E-state index in [1.165, 1.54) is 0 Å². The third-order valence-electron chi connectivity index (χ3n) is 3.31. The predicted octanol–water partition coefficient (Wildman–Crippen LogP) is -0.683.